The Hall–Kier alpha value is -5.12. The number of rotatable bonds is 10. The molecule has 0 aliphatic carbocycles. The molecule has 0 aliphatic rings. The Morgan fingerprint density at radius 2 is 1.14 bits per heavy atom. The van der Waals surface area contributed by atoms with Crippen LogP contribution in [0.2, 0.25) is 0 Å². The molecule has 0 fully saturated rings. The van der Waals surface area contributed by atoms with E-state index in [0.29, 0.717) is 0 Å². The van der Waals surface area contributed by atoms with Crippen LogP contribution in [0.4, 0.5) is 0 Å². The molecule has 2 amide bonds. The highest BCUT2D eigenvalue weighted by Crippen LogP contribution is 2.31. The van der Waals surface area contributed by atoms with Gasteiger partial charge in [-0.05, 0) is 73.5 Å². The first kappa shape index (κ1) is 28.0. The Kier molecular flexibility index (Phi) is 7.35. The molecule has 2 N–H and O–H groups in total. The second kappa shape index (κ2) is 11.3. The molecular formula is C33H34N6O4. The fourth-order valence-corrected chi connectivity index (χ4v) is 5.72. The number of carbonyl (C=O) groups excluding carboxylic acids is 2. The third kappa shape index (κ3) is 5.68. The second-order valence-electron chi connectivity index (χ2n) is 11.2. The Morgan fingerprint density at radius 3 is 1.53 bits per heavy atom. The summed E-state index contributed by atoms with van der Waals surface area (Å²) in [4.78, 5) is 28.9. The number of nitrogens with zero attached hydrogens (tertiary/aromatic N) is 4. The summed E-state index contributed by atoms with van der Waals surface area (Å²) in [6.07, 6.45) is 3.57. The van der Waals surface area contributed by atoms with Gasteiger partial charge in [-0.1, -0.05) is 12.1 Å². The summed E-state index contributed by atoms with van der Waals surface area (Å²) in [5.41, 5.74) is 5.03. The van der Waals surface area contributed by atoms with Crippen molar-refractivity contribution in [2.24, 2.45) is 19.5 Å². The highest BCUT2D eigenvalue weighted by molar-refractivity contribution is 6.05. The molecule has 220 valence electrons. The van der Waals surface area contributed by atoms with E-state index in [1.54, 1.807) is 21.9 Å². The normalized spacial score (nSPS) is 11.8. The van der Waals surface area contributed by atoms with Gasteiger partial charge in [-0.3, -0.25) is 19.0 Å². The Labute approximate surface area is 248 Å². The number of nitrogens with one attached hydrogen (secondary N) is 2. The molecule has 0 unspecified atom stereocenters. The van der Waals surface area contributed by atoms with Crippen molar-refractivity contribution < 1.29 is 18.4 Å². The van der Waals surface area contributed by atoms with Crippen LogP contribution in [0.5, 0.6) is 0 Å². The molecule has 4 aromatic heterocycles. The van der Waals surface area contributed by atoms with Crippen LogP contribution < -0.4 is 10.6 Å². The van der Waals surface area contributed by atoms with E-state index in [2.05, 4.69) is 20.8 Å². The van der Waals surface area contributed by atoms with Crippen molar-refractivity contribution in [2.45, 2.75) is 39.8 Å². The first-order chi connectivity index (χ1) is 20.7. The molecule has 0 bridgehead atoms. The van der Waals surface area contributed by atoms with Gasteiger partial charge in [0, 0.05) is 62.2 Å². The Bertz CT molecular complexity index is 1800. The lowest BCUT2D eigenvalue weighted by atomic mass is 9.76. The molecule has 10 nitrogen and oxygen atoms in total. The van der Waals surface area contributed by atoms with E-state index in [1.807, 2.05) is 88.6 Å². The summed E-state index contributed by atoms with van der Waals surface area (Å²) in [5, 5.41) is 17.1. The van der Waals surface area contributed by atoms with Gasteiger partial charge < -0.3 is 19.5 Å². The van der Waals surface area contributed by atoms with Crippen LogP contribution in [0.3, 0.4) is 0 Å². The monoisotopic (exact) mass is 578 g/mol. The lowest BCUT2D eigenvalue weighted by Crippen LogP contribution is -2.54. The molecule has 0 aliphatic heterocycles. The van der Waals surface area contributed by atoms with Crippen LogP contribution in [-0.4, -0.2) is 31.4 Å². The quantitative estimate of drug-likeness (QED) is 0.228. The van der Waals surface area contributed by atoms with Gasteiger partial charge in [0.25, 0.3) is 0 Å². The van der Waals surface area contributed by atoms with Crippen molar-refractivity contribution in [3.05, 3.63) is 107 Å². The fourth-order valence-electron chi connectivity index (χ4n) is 5.72. The molecule has 10 heteroatoms. The van der Waals surface area contributed by atoms with Crippen LogP contribution >= 0.6 is 0 Å². The number of aryl methyl sites for hydroxylation is 4. The number of fused-ring (bicyclic) bond motifs is 2. The second-order valence-corrected chi connectivity index (χ2v) is 11.2. The molecule has 2 aromatic carbocycles. The average Bonchev–Trinajstić information content (AvgIpc) is 3.77. The molecule has 0 spiro atoms. The molecule has 0 saturated heterocycles. The van der Waals surface area contributed by atoms with Crippen molar-refractivity contribution in [2.75, 3.05) is 0 Å². The zero-order chi connectivity index (χ0) is 30.1. The van der Waals surface area contributed by atoms with Crippen LogP contribution in [0.15, 0.2) is 82.0 Å². The lowest BCUT2D eigenvalue weighted by Gasteiger charge is -2.31. The van der Waals surface area contributed by atoms with Gasteiger partial charge in [0.2, 0.25) is 11.8 Å². The number of amides is 2. The van der Waals surface area contributed by atoms with Crippen LogP contribution in [-0.2, 0) is 49.6 Å². The Balaban J connectivity index is 1.35. The zero-order valence-electron chi connectivity index (χ0n) is 24.7. The third-order valence-corrected chi connectivity index (χ3v) is 7.97. The van der Waals surface area contributed by atoms with Crippen LogP contribution in [0.1, 0.15) is 33.9 Å². The minimum atomic E-state index is -1.50. The van der Waals surface area contributed by atoms with Crippen molar-refractivity contribution in [3.8, 4) is 0 Å². The van der Waals surface area contributed by atoms with E-state index in [9.17, 15) is 9.59 Å². The first-order valence-corrected chi connectivity index (χ1v) is 14.2. The summed E-state index contributed by atoms with van der Waals surface area (Å²) in [6.45, 7) is 4.30. The van der Waals surface area contributed by atoms with Gasteiger partial charge in [-0.2, -0.15) is 10.2 Å². The summed E-state index contributed by atoms with van der Waals surface area (Å²) in [5.74, 6) is -0.749. The van der Waals surface area contributed by atoms with Crippen molar-refractivity contribution in [1.29, 1.82) is 0 Å². The van der Waals surface area contributed by atoms with Gasteiger partial charge >= 0.3 is 0 Å². The largest absolute Gasteiger partial charge is 0.464 e. The number of furan rings is 2. The summed E-state index contributed by atoms with van der Waals surface area (Å²) in [6, 6.07) is 19.1. The SMILES string of the molecule is Cc1cc(CC(Cc2cc(C)nn2C)(C(=O)NCc2ccc3occc3c2)C(=O)NCc2ccc3occc3c2)n(C)n1. The average molecular weight is 579 g/mol. The van der Waals surface area contributed by atoms with Crippen LogP contribution in [0, 0.1) is 19.3 Å². The molecular weight excluding hydrogens is 544 g/mol. The van der Waals surface area contributed by atoms with E-state index < -0.39 is 5.41 Å². The van der Waals surface area contributed by atoms with Crippen molar-refractivity contribution >= 4 is 33.8 Å². The van der Waals surface area contributed by atoms with E-state index >= 15 is 0 Å². The van der Waals surface area contributed by atoms with Gasteiger partial charge in [-0.25, -0.2) is 0 Å². The van der Waals surface area contributed by atoms with Gasteiger partial charge in [0.05, 0.1) is 23.9 Å². The molecule has 6 rings (SSSR count). The summed E-state index contributed by atoms with van der Waals surface area (Å²) < 4.78 is 14.4. The number of hydrogen-bond donors (Lipinski definition) is 2. The molecule has 0 atom stereocenters. The third-order valence-electron chi connectivity index (χ3n) is 7.97. The van der Waals surface area contributed by atoms with E-state index in [0.717, 1.165) is 55.8 Å². The van der Waals surface area contributed by atoms with Crippen molar-refractivity contribution in [1.82, 2.24) is 30.2 Å². The number of aromatic nitrogens is 4. The number of benzene rings is 2. The maximum atomic E-state index is 14.4. The predicted octanol–water partition coefficient (Wildman–Crippen LogP) is 4.67. The van der Waals surface area contributed by atoms with E-state index in [4.69, 9.17) is 8.83 Å². The zero-order valence-corrected chi connectivity index (χ0v) is 24.7. The summed E-state index contributed by atoms with van der Waals surface area (Å²) >= 11 is 0. The highest BCUT2D eigenvalue weighted by atomic mass is 16.3. The smallest absolute Gasteiger partial charge is 0.236 e. The van der Waals surface area contributed by atoms with Gasteiger partial charge in [0.1, 0.15) is 16.6 Å². The van der Waals surface area contributed by atoms with Gasteiger partial charge in [0.15, 0.2) is 0 Å². The van der Waals surface area contributed by atoms with Gasteiger partial charge in [-0.15, -0.1) is 0 Å². The van der Waals surface area contributed by atoms with E-state index in [-0.39, 0.29) is 37.7 Å². The minimum absolute atomic E-state index is 0.147. The van der Waals surface area contributed by atoms with Crippen LogP contribution in [0.25, 0.3) is 21.9 Å². The standard InChI is InChI=1S/C33H34N6O4/c1-21-13-27(38(3)36-21)17-33(18-28-14-22(2)37-39(28)4,31(40)34-19-23-5-7-29-25(15-23)9-11-42-29)32(41)35-20-24-6-8-30-26(16-24)10-12-43-30/h5-16H,17-20H2,1-4H3,(H,34,40)(H,35,41). The topological polar surface area (TPSA) is 120 Å². The molecule has 4 heterocycles. The first-order valence-electron chi connectivity index (χ1n) is 14.2. The lowest BCUT2D eigenvalue weighted by molar-refractivity contribution is -0.144. The molecule has 43 heavy (non-hydrogen) atoms. The Morgan fingerprint density at radius 1 is 0.698 bits per heavy atom. The van der Waals surface area contributed by atoms with Crippen molar-refractivity contribution in [3.63, 3.8) is 0 Å². The molecule has 6 aromatic rings. The molecule has 0 saturated carbocycles. The highest BCUT2D eigenvalue weighted by Gasteiger charge is 2.47. The number of carbonyl (C=O) groups is 2. The molecule has 0 radical (unpaired) electrons. The van der Waals surface area contributed by atoms with E-state index in [1.165, 1.54) is 0 Å². The predicted molar refractivity (Wildman–Crippen MR) is 162 cm³/mol. The fraction of sp³-hybridized carbons (Fsp3) is 0.273. The summed E-state index contributed by atoms with van der Waals surface area (Å²) in [7, 11) is 3.66. The maximum Gasteiger partial charge on any atom is 0.236 e. The number of hydrogen-bond acceptors (Lipinski definition) is 6. The maximum absolute atomic E-state index is 14.4. The minimum Gasteiger partial charge on any atom is -0.464 e.